The van der Waals surface area contributed by atoms with E-state index in [9.17, 15) is 8.78 Å². The molecular weight excluding hydrogens is 164 g/mol. The van der Waals surface area contributed by atoms with Crippen molar-refractivity contribution in [3.8, 4) is 0 Å². The molecule has 0 radical (unpaired) electrons. The molecule has 5 heteroatoms. The third kappa shape index (κ3) is 0.827. The van der Waals surface area contributed by atoms with Gasteiger partial charge in [0.05, 0.1) is 10.9 Å². The highest BCUT2D eigenvalue weighted by molar-refractivity contribution is 5.89. The summed E-state index contributed by atoms with van der Waals surface area (Å²) in [6.45, 7) is 0. The number of benzene rings is 1. The molecule has 3 nitrogen and oxygen atoms in total. The molecule has 0 aliphatic rings. The van der Waals surface area contributed by atoms with Gasteiger partial charge in [-0.1, -0.05) is 0 Å². The number of nitrogens with two attached hydrogens (primary N) is 1. The van der Waals surface area contributed by atoms with Gasteiger partial charge in [-0.05, 0) is 6.07 Å². The summed E-state index contributed by atoms with van der Waals surface area (Å²) in [7, 11) is 0. The predicted molar refractivity (Wildman–Crippen MR) is 40.4 cm³/mol. The van der Waals surface area contributed by atoms with Crippen molar-refractivity contribution in [3.05, 3.63) is 23.8 Å². The van der Waals surface area contributed by atoms with E-state index >= 15 is 0 Å². The van der Waals surface area contributed by atoms with Gasteiger partial charge in [0.2, 0.25) is 0 Å². The number of hydrogen-bond donors (Lipinski definition) is 2. The van der Waals surface area contributed by atoms with Gasteiger partial charge < -0.3 is 5.73 Å². The van der Waals surface area contributed by atoms with E-state index in [0.29, 0.717) is 0 Å². The van der Waals surface area contributed by atoms with Crippen LogP contribution in [0, 0.1) is 11.6 Å². The van der Waals surface area contributed by atoms with Crippen LogP contribution in [0.15, 0.2) is 12.1 Å². The number of aromatic nitrogens is 2. The first-order chi connectivity index (χ1) is 5.68. The number of nitrogen functional groups attached to an aromatic ring is 1. The second kappa shape index (κ2) is 2.17. The summed E-state index contributed by atoms with van der Waals surface area (Å²) in [5.74, 6) is -1.30. The monoisotopic (exact) mass is 169 g/mol. The average Bonchev–Trinajstić information content (AvgIpc) is 2.31. The highest BCUT2D eigenvalue weighted by atomic mass is 19.1. The molecule has 1 aromatic carbocycles. The van der Waals surface area contributed by atoms with Gasteiger partial charge in [0.25, 0.3) is 0 Å². The lowest BCUT2D eigenvalue weighted by molar-refractivity contribution is 0.592. The van der Waals surface area contributed by atoms with Crippen LogP contribution in [0.25, 0.3) is 10.9 Å². The number of hydrogen-bond acceptors (Lipinski definition) is 2. The number of rotatable bonds is 0. The maximum atomic E-state index is 13.0. The molecule has 3 N–H and O–H groups in total. The maximum absolute atomic E-state index is 13.0. The Morgan fingerprint density at radius 2 is 2.08 bits per heavy atom. The molecule has 12 heavy (non-hydrogen) atoms. The zero-order valence-electron chi connectivity index (χ0n) is 5.94. The maximum Gasteiger partial charge on any atom is 0.156 e. The fraction of sp³-hybridized carbons (Fsp3) is 0. The molecule has 0 spiro atoms. The van der Waals surface area contributed by atoms with E-state index in [2.05, 4.69) is 10.2 Å². The van der Waals surface area contributed by atoms with Crippen LogP contribution >= 0.6 is 0 Å². The van der Waals surface area contributed by atoms with Gasteiger partial charge in [0, 0.05) is 6.07 Å². The third-order valence-corrected chi connectivity index (χ3v) is 1.61. The number of fused-ring (bicyclic) bond motifs is 1. The van der Waals surface area contributed by atoms with Crippen LogP contribution in [0.1, 0.15) is 0 Å². The first-order valence-electron chi connectivity index (χ1n) is 3.27. The van der Waals surface area contributed by atoms with Crippen LogP contribution in [-0.2, 0) is 0 Å². The number of halogens is 2. The van der Waals surface area contributed by atoms with Crippen molar-refractivity contribution in [2.45, 2.75) is 0 Å². The Kier molecular flexibility index (Phi) is 1.27. The van der Waals surface area contributed by atoms with E-state index in [1.807, 2.05) is 0 Å². The molecule has 0 saturated heterocycles. The van der Waals surface area contributed by atoms with Gasteiger partial charge in [0.15, 0.2) is 5.82 Å². The summed E-state index contributed by atoms with van der Waals surface area (Å²) in [5, 5.41) is 6.09. The summed E-state index contributed by atoms with van der Waals surface area (Å²) in [4.78, 5) is 0. The molecule has 2 aromatic rings. The highest BCUT2D eigenvalue weighted by Gasteiger charge is 2.09. The van der Waals surface area contributed by atoms with Gasteiger partial charge in [-0.25, -0.2) is 8.78 Å². The molecule has 0 aliphatic carbocycles. The van der Waals surface area contributed by atoms with Crippen molar-refractivity contribution in [2.75, 3.05) is 5.73 Å². The molecule has 2 rings (SSSR count). The molecule has 62 valence electrons. The highest BCUT2D eigenvalue weighted by Crippen LogP contribution is 2.21. The van der Waals surface area contributed by atoms with Crippen molar-refractivity contribution in [2.24, 2.45) is 0 Å². The van der Waals surface area contributed by atoms with Crippen molar-refractivity contribution in [1.82, 2.24) is 10.2 Å². The van der Waals surface area contributed by atoms with E-state index in [-0.39, 0.29) is 16.7 Å². The van der Waals surface area contributed by atoms with Crippen molar-refractivity contribution in [3.63, 3.8) is 0 Å². The summed E-state index contributed by atoms with van der Waals surface area (Å²) >= 11 is 0. The van der Waals surface area contributed by atoms with E-state index in [1.54, 1.807) is 0 Å². The Hall–Kier alpha value is -1.65. The van der Waals surface area contributed by atoms with Crippen LogP contribution in [0.3, 0.4) is 0 Å². The molecule has 0 unspecified atom stereocenters. The SMILES string of the molecule is Nc1n[nH]c2cc(F)cc(F)c12. The van der Waals surface area contributed by atoms with Gasteiger partial charge in [0.1, 0.15) is 11.6 Å². The number of nitrogens with one attached hydrogen (secondary N) is 1. The van der Waals surface area contributed by atoms with Gasteiger partial charge in [-0.3, -0.25) is 5.10 Å². The van der Waals surface area contributed by atoms with Gasteiger partial charge in [-0.15, -0.1) is 0 Å². The first kappa shape index (κ1) is 7.02. The second-order valence-corrected chi connectivity index (χ2v) is 2.42. The molecular formula is C7H5F2N3. The largest absolute Gasteiger partial charge is 0.382 e. The topological polar surface area (TPSA) is 54.7 Å². The van der Waals surface area contributed by atoms with Crippen molar-refractivity contribution >= 4 is 16.7 Å². The Morgan fingerprint density at radius 3 is 2.83 bits per heavy atom. The fourth-order valence-corrected chi connectivity index (χ4v) is 1.10. The summed E-state index contributed by atoms with van der Waals surface area (Å²) in [5.41, 5.74) is 5.59. The lowest BCUT2D eigenvalue weighted by Crippen LogP contribution is -1.87. The molecule has 0 amide bonds. The van der Waals surface area contributed by atoms with Crippen molar-refractivity contribution < 1.29 is 8.78 Å². The minimum atomic E-state index is -0.698. The average molecular weight is 169 g/mol. The summed E-state index contributed by atoms with van der Waals surface area (Å²) in [6.07, 6.45) is 0. The smallest absolute Gasteiger partial charge is 0.156 e. The van der Waals surface area contributed by atoms with E-state index in [1.165, 1.54) is 0 Å². The molecule has 1 aromatic heterocycles. The van der Waals surface area contributed by atoms with Crippen LogP contribution in [0.4, 0.5) is 14.6 Å². The molecule has 0 atom stereocenters. The van der Waals surface area contributed by atoms with Crippen LogP contribution in [-0.4, -0.2) is 10.2 Å². The Bertz CT molecular complexity index is 435. The standard InChI is InChI=1S/C7H5F2N3/c8-3-1-4(9)6-5(2-3)11-12-7(6)10/h1-2H,(H3,10,11,12). The number of anilines is 1. The molecule has 0 saturated carbocycles. The van der Waals surface area contributed by atoms with Crippen molar-refractivity contribution in [1.29, 1.82) is 0 Å². The van der Waals surface area contributed by atoms with Gasteiger partial charge in [-0.2, -0.15) is 5.10 Å². The third-order valence-electron chi connectivity index (χ3n) is 1.61. The van der Waals surface area contributed by atoms with Crippen LogP contribution in [0.5, 0.6) is 0 Å². The van der Waals surface area contributed by atoms with E-state index in [4.69, 9.17) is 5.73 Å². The van der Waals surface area contributed by atoms with Crippen LogP contribution < -0.4 is 5.73 Å². The van der Waals surface area contributed by atoms with Gasteiger partial charge >= 0.3 is 0 Å². The quantitative estimate of drug-likeness (QED) is 0.626. The predicted octanol–water partition coefficient (Wildman–Crippen LogP) is 1.42. The fourth-order valence-electron chi connectivity index (χ4n) is 1.10. The summed E-state index contributed by atoms with van der Waals surface area (Å²) < 4.78 is 25.5. The lowest BCUT2D eigenvalue weighted by Gasteiger charge is -1.92. The van der Waals surface area contributed by atoms with Crippen LogP contribution in [0.2, 0.25) is 0 Å². The Morgan fingerprint density at radius 1 is 1.33 bits per heavy atom. The lowest BCUT2D eigenvalue weighted by atomic mass is 10.2. The molecule has 0 aliphatic heterocycles. The number of nitrogens with zero attached hydrogens (tertiary/aromatic N) is 1. The second-order valence-electron chi connectivity index (χ2n) is 2.42. The minimum absolute atomic E-state index is 0.0440. The summed E-state index contributed by atoms with van der Waals surface area (Å²) in [6, 6.07) is 1.91. The molecule has 1 heterocycles. The normalized spacial score (nSPS) is 10.8. The molecule has 0 bridgehead atoms. The number of aromatic amines is 1. The zero-order chi connectivity index (χ0) is 8.72. The zero-order valence-corrected chi connectivity index (χ0v) is 5.94. The first-order valence-corrected chi connectivity index (χ1v) is 3.27. The number of H-pyrrole nitrogens is 1. The minimum Gasteiger partial charge on any atom is -0.382 e. The Balaban J connectivity index is 2.93. The Labute approximate surface area is 66.2 Å². The molecule has 0 fully saturated rings. The van der Waals surface area contributed by atoms with E-state index in [0.717, 1.165) is 12.1 Å². The van der Waals surface area contributed by atoms with E-state index < -0.39 is 11.6 Å².